The molecular formula is C16H22N2O3. The second-order valence-corrected chi connectivity index (χ2v) is 5.28. The summed E-state index contributed by atoms with van der Waals surface area (Å²) in [6.45, 7) is 3.35. The van der Waals surface area contributed by atoms with Crippen LogP contribution in [0.4, 0.5) is 5.69 Å². The minimum atomic E-state index is -0.278. The number of benzene rings is 1. The van der Waals surface area contributed by atoms with Gasteiger partial charge in [-0.05, 0) is 18.6 Å². The number of likely N-dealkylation sites (tertiary alicyclic amines) is 1. The van der Waals surface area contributed by atoms with Gasteiger partial charge >= 0.3 is 0 Å². The average molecular weight is 290 g/mol. The lowest BCUT2D eigenvalue weighted by Gasteiger charge is -2.16. The minimum absolute atomic E-state index is 0.0728. The van der Waals surface area contributed by atoms with Crippen LogP contribution in [0.15, 0.2) is 24.3 Å². The molecule has 0 radical (unpaired) electrons. The van der Waals surface area contributed by atoms with Crippen LogP contribution in [0.3, 0.4) is 0 Å². The van der Waals surface area contributed by atoms with E-state index in [0.717, 1.165) is 19.4 Å². The Morgan fingerprint density at radius 1 is 1.43 bits per heavy atom. The van der Waals surface area contributed by atoms with Crippen LogP contribution in [0.25, 0.3) is 0 Å². The summed E-state index contributed by atoms with van der Waals surface area (Å²) in [6.07, 6.45) is 2.32. The number of nitrogens with zero attached hydrogens (tertiary/aromatic N) is 1. The molecule has 1 aliphatic heterocycles. The summed E-state index contributed by atoms with van der Waals surface area (Å²) in [4.78, 5) is 26.0. The molecule has 0 saturated carbocycles. The Bertz CT molecular complexity index is 516. The van der Waals surface area contributed by atoms with Gasteiger partial charge in [0.2, 0.25) is 11.8 Å². The van der Waals surface area contributed by atoms with E-state index in [1.54, 1.807) is 24.1 Å². The van der Waals surface area contributed by atoms with Crippen molar-refractivity contribution in [1.82, 2.24) is 4.90 Å². The van der Waals surface area contributed by atoms with Crippen molar-refractivity contribution in [2.75, 3.05) is 25.5 Å². The number of amides is 2. The predicted octanol–water partition coefficient (Wildman–Crippen LogP) is 2.28. The Labute approximate surface area is 125 Å². The summed E-state index contributed by atoms with van der Waals surface area (Å²) in [6, 6.07) is 7.27. The lowest BCUT2D eigenvalue weighted by Crippen LogP contribution is -2.29. The summed E-state index contributed by atoms with van der Waals surface area (Å²) in [5.74, 6) is 0.299. The molecule has 1 fully saturated rings. The molecule has 5 heteroatoms. The van der Waals surface area contributed by atoms with Gasteiger partial charge in [0.05, 0.1) is 18.7 Å². The van der Waals surface area contributed by atoms with Crippen molar-refractivity contribution >= 4 is 17.5 Å². The second kappa shape index (κ2) is 7.11. The van der Waals surface area contributed by atoms with Crippen molar-refractivity contribution in [3.8, 4) is 5.75 Å². The Balaban J connectivity index is 1.97. The first-order valence-electron chi connectivity index (χ1n) is 7.37. The van der Waals surface area contributed by atoms with Gasteiger partial charge in [0, 0.05) is 19.5 Å². The van der Waals surface area contributed by atoms with Crippen LogP contribution in [-0.4, -0.2) is 36.9 Å². The van der Waals surface area contributed by atoms with Gasteiger partial charge in [0.15, 0.2) is 0 Å². The van der Waals surface area contributed by atoms with Crippen LogP contribution in [0.1, 0.15) is 26.2 Å². The zero-order valence-electron chi connectivity index (χ0n) is 12.6. The van der Waals surface area contributed by atoms with E-state index in [4.69, 9.17) is 4.74 Å². The predicted molar refractivity (Wildman–Crippen MR) is 81.2 cm³/mol. The van der Waals surface area contributed by atoms with Gasteiger partial charge in [-0.1, -0.05) is 25.5 Å². The molecule has 0 aromatic heterocycles. The van der Waals surface area contributed by atoms with E-state index in [-0.39, 0.29) is 17.7 Å². The van der Waals surface area contributed by atoms with Gasteiger partial charge in [0.1, 0.15) is 5.75 Å². The molecule has 1 N–H and O–H groups in total. The lowest BCUT2D eigenvalue weighted by atomic mass is 10.1. The van der Waals surface area contributed by atoms with Crippen LogP contribution in [0, 0.1) is 5.92 Å². The number of carbonyl (C=O) groups is 2. The van der Waals surface area contributed by atoms with Gasteiger partial charge in [-0.2, -0.15) is 0 Å². The molecule has 0 unspecified atom stereocenters. The van der Waals surface area contributed by atoms with Gasteiger partial charge < -0.3 is 15.0 Å². The molecule has 0 aliphatic carbocycles. The number of anilines is 1. The van der Waals surface area contributed by atoms with E-state index in [0.29, 0.717) is 24.4 Å². The average Bonchev–Trinajstić information content (AvgIpc) is 2.87. The van der Waals surface area contributed by atoms with Crippen molar-refractivity contribution in [1.29, 1.82) is 0 Å². The number of carbonyl (C=O) groups excluding carboxylic acids is 2. The minimum Gasteiger partial charge on any atom is -0.495 e. The molecule has 1 saturated heterocycles. The lowest BCUT2D eigenvalue weighted by molar-refractivity contribution is -0.128. The first kappa shape index (κ1) is 15.4. The Kier molecular flexibility index (Phi) is 5.20. The summed E-state index contributed by atoms with van der Waals surface area (Å²) in [7, 11) is 1.57. The molecule has 0 bridgehead atoms. The van der Waals surface area contributed by atoms with Crippen molar-refractivity contribution in [3.05, 3.63) is 24.3 Å². The van der Waals surface area contributed by atoms with Crippen molar-refractivity contribution in [2.24, 2.45) is 5.92 Å². The molecule has 2 rings (SSSR count). The van der Waals surface area contributed by atoms with Gasteiger partial charge in [0.25, 0.3) is 0 Å². The highest BCUT2D eigenvalue weighted by Gasteiger charge is 2.34. The first-order chi connectivity index (χ1) is 10.2. The molecule has 2 amide bonds. The summed E-state index contributed by atoms with van der Waals surface area (Å²) in [5.41, 5.74) is 0.643. The molecule has 21 heavy (non-hydrogen) atoms. The third-order valence-corrected chi connectivity index (χ3v) is 3.73. The van der Waals surface area contributed by atoms with E-state index in [9.17, 15) is 9.59 Å². The molecule has 1 aliphatic rings. The summed E-state index contributed by atoms with van der Waals surface area (Å²) < 4.78 is 5.21. The van der Waals surface area contributed by atoms with Crippen molar-refractivity contribution in [3.63, 3.8) is 0 Å². The zero-order chi connectivity index (χ0) is 15.2. The normalized spacial score (nSPS) is 17.9. The van der Waals surface area contributed by atoms with Gasteiger partial charge in [-0.3, -0.25) is 9.59 Å². The maximum absolute atomic E-state index is 12.3. The maximum atomic E-state index is 12.3. The second-order valence-electron chi connectivity index (χ2n) is 5.28. The van der Waals surface area contributed by atoms with Gasteiger partial charge in [-0.15, -0.1) is 0 Å². The first-order valence-corrected chi connectivity index (χ1v) is 7.37. The van der Waals surface area contributed by atoms with Crippen LogP contribution in [0.5, 0.6) is 5.75 Å². The molecule has 114 valence electrons. The Hall–Kier alpha value is -2.04. The standard InChI is InChI=1S/C16H22N2O3/c1-3-4-9-18-11-12(10-15(18)19)16(20)17-13-7-5-6-8-14(13)21-2/h5-8,12H,3-4,9-11H2,1-2H3,(H,17,20)/t12-/m1/s1. The van der Waals surface area contributed by atoms with Crippen LogP contribution in [-0.2, 0) is 9.59 Å². The maximum Gasteiger partial charge on any atom is 0.229 e. The van der Waals surface area contributed by atoms with E-state index in [1.807, 2.05) is 12.1 Å². The highest BCUT2D eigenvalue weighted by molar-refractivity contribution is 5.98. The molecule has 1 heterocycles. The fourth-order valence-corrected chi connectivity index (χ4v) is 2.50. The summed E-state index contributed by atoms with van der Waals surface area (Å²) in [5, 5.41) is 2.86. The van der Waals surface area contributed by atoms with Crippen LogP contribution in [0.2, 0.25) is 0 Å². The fraction of sp³-hybridized carbons (Fsp3) is 0.500. The third kappa shape index (κ3) is 3.74. The number of para-hydroxylation sites is 2. The number of hydrogen-bond donors (Lipinski definition) is 1. The summed E-state index contributed by atoms with van der Waals surface area (Å²) >= 11 is 0. The fourth-order valence-electron chi connectivity index (χ4n) is 2.50. The molecule has 1 aromatic carbocycles. The van der Waals surface area contributed by atoms with E-state index in [2.05, 4.69) is 12.2 Å². The largest absolute Gasteiger partial charge is 0.495 e. The highest BCUT2D eigenvalue weighted by atomic mass is 16.5. The molecule has 0 spiro atoms. The quantitative estimate of drug-likeness (QED) is 0.874. The topological polar surface area (TPSA) is 58.6 Å². The van der Waals surface area contributed by atoms with Crippen LogP contribution >= 0.6 is 0 Å². The number of rotatable bonds is 6. The number of nitrogens with one attached hydrogen (secondary N) is 1. The molecule has 1 atom stereocenters. The third-order valence-electron chi connectivity index (χ3n) is 3.73. The molecule has 5 nitrogen and oxygen atoms in total. The number of hydrogen-bond acceptors (Lipinski definition) is 3. The van der Waals surface area contributed by atoms with E-state index in [1.165, 1.54) is 0 Å². The molecular weight excluding hydrogens is 268 g/mol. The number of methoxy groups -OCH3 is 1. The number of unbranched alkanes of at least 4 members (excludes halogenated alkanes) is 1. The van der Waals surface area contributed by atoms with Crippen LogP contribution < -0.4 is 10.1 Å². The smallest absolute Gasteiger partial charge is 0.229 e. The van der Waals surface area contributed by atoms with Crippen molar-refractivity contribution in [2.45, 2.75) is 26.2 Å². The van der Waals surface area contributed by atoms with E-state index < -0.39 is 0 Å². The SMILES string of the molecule is CCCCN1C[C@H](C(=O)Nc2ccccc2OC)CC1=O. The number of ether oxygens (including phenoxy) is 1. The highest BCUT2D eigenvalue weighted by Crippen LogP contribution is 2.25. The van der Waals surface area contributed by atoms with Gasteiger partial charge in [-0.25, -0.2) is 0 Å². The van der Waals surface area contributed by atoms with E-state index >= 15 is 0 Å². The monoisotopic (exact) mass is 290 g/mol. The molecule has 1 aromatic rings. The van der Waals surface area contributed by atoms with Crippen molar-refractivity contribution < 1.29 is 14.3 Å². The Morgan fingerprint density at radius 2 is 2.19 bits per heavy atom. The zero-order valence-corrected chi connectivity index (χ0v) is 12.6. The Morgan fingerprint density at radius 3 is 2.90 bits per heavy atom.